The molecule has 0 aliphatic rings. The topological polar surface area (TPSA) is 94.0 Å². The lowest BCUT2D eigenvalue weighted by molar-refractivity contribution is -0.133. The van der Waals surface area contributed by atoms with Crippen LogP contribution in [-0.2, 0) is 4.79 Å². The van der Waals surface area contributed by atoms with Crippen LogP contribution in [0.3, 0.4) is 0 Å². The van der Waals surface area contributed by atoms with Crippen LogP contribution in [-0.4, -0.2) is 31.6 Å². The lowest BCUT2D eigenvalue weighted by Gasteiger charge is -2.08. The molecule has 7 heteroatoms. The zero-order valence-electron chi connectivity index (χ0n) is 10.9. The van der Waals surface area contributed by atoms with E-state index < -0.39 is 5.97 Å². The number of nitrogens with zero attached hydrogens (tertiary/aromatic N) is 3. The Morgan fingerprint density at radius 2 is 1.95 bits per heavy atom. The summed E-state index contributed by atoms with van der Waals surface area (Å²) in [5, 5.41) is 19.2. The fraction of sp³-hybridized carbons (Fsp3) is 0.0714. The number of hydrogen-bond acceptors (Lipinski definition) is 5. The van der Waals surface area contributed by atoms with Crippen molar-refractivity contribution in [3.63, 3.8) is 0 Å². The number of aliphatic carboxylic acids is 1. The van der Waals surface area contributed by atoms with Crippen LogP contribution >= 0.6 is 11.8 Å². The average molecular weight is 300 g/mol. The van der Waals surface area contributed by atoms with Crippen molar-refractivity contribution >= 4 is 34.5 Å². The number of benzene rings is 2. The number of aromatic nitrogens is 3. The van der Waals surface area contributed by atoms with Gasteiger partial charge in [0.2, 0.25) is 5.95 Å². The number of anilines is 1. The van der Waals surface area contributed by atoms with Crippen LogP contribution in [0.15, 0.2) is 47.6 Å². The standard InChI is InChI=1S/C14H12N4O2S/c15-13-16-17-14(21-8-12(19)20)18(13)11-6-5-9-3-1-2-4-10(9)7-11/h1-7H,8H2,(H2,15,16)(H,19,20). The Kier molecular flexibility index (Phi) is 3.49. The van der Waals surface area contributed by atoms with Crippen molar-refractivity contribution in [3.8, 4) is 5.69 Å². The highest BCUT2D eigenvalue weighted by Crippen LogP contribution is 2.25. The fourth-order valence-electron chi connectivity index (χ4n) is 2.06. The molecule has 2 aromatic carbocycles. The molecular weight excluding hydrogens is 288 g/mol. The molecule has 0 atom stereocenters. The molecule has 0 aliphatic heterocycles. The molecule has 3 rings (SSSR count). The SMILES string of the molecule is Nc1nnc(SCC(=O)O)n1-c1ccc2ccccc2c1. The number of nitrogens with two attached hydrogens (primary N) is 1. The van der Waals surface area contributed by atoms with E-state index in [-0.39, 0.29) is 11.7 Å². The Morgan fingerprint density at radius 3 is 2.71 bits per heavy atom. The number of thioether (sulfide) groups is 1. The van der Waals surface area contributed by atoms with Gasteiger partial charge in [0.1, 0.15) is 0 Å². The summed E-state index contributed by atoms with van der Waals surface area (Å²) in [6.45, 7) is 0. The smallest absolute Gasteiger partial charge is 0.313 e. The van der Waals surface area contributed by atoms with E-state index in [0.29, 0.717) is 5.16 Å². The molecule has 0 spiro atoms. The lowest BCUT2D eigenvalue weighted by atomic mass is 10.1. The van der Waals surface area contributed by atoms with Gasteiger partial charge in [-0.3, -0.25) is 9.36 Å². The number of hydrogen-bond donors (Lipinski definition) is 2. The van der Waals surface area contributed by atoms with E-state index in [1.165, 1.54) is 0 Å². The summed E-state index contributed by atoms with van der Waals surface area (Å²) in [6, 6.07) is 13.8. The highest BCUT2D eigenvalue weighted by molar-refractivity contribution is 7.99. The Morgan fingerprint density at radius 1 is 1.19 bits per heavy atom. The second-order valence-electron chi connectivity index (χ2n) is 4.39. The molecule has 0 fully saturated rings. The number of carbonyl (C=O) groups is 1. The van der Waals surface area contributed by atoms with Crippen molar-refractivity contribution in [3.05, 3.63) is 42.5 Å². The minimum absolute atomic E-state index is 0.0916. The molecular formula is C14H12N4O2S. The largest absolute Gasteiger partial charge is 0.481 e. The molecule has 0 saturated heterocycles. The average Bonchev–Trinajstić information content (AvgIpc) is 2.85. The minimum atomic E-state index is -0.911. The predicted octanol–water partition coefficient (Wildman–Crippen LogP) is 2.18. The highest BCUT2D eigenvalue weighted by atomic mass is 32.2. The molecule has 3 aromatic rings. The van der Waals surface area contributed by atoms with E-state index in [1.54, 1.807) is 4.57 Å². The first-order chi connectivity index (χ1) is 10.1. The molecule has 0 aliphatic carbocycles. The lowest BCUT2D eigenvalue weighted by Crippen LogP contribution is -2.04. The quantitative estimate of drug-likeness (QED) is 0.717. The number of nitrogen functional groups attached to an aromatic ring is 1. The van der Waals surface area contributed by atoms with Crippen molar-refractivity contribution < 1.29 is 9.90 Å². The van der Waals surface area contributed by atoms with Crippen molar-refractivity contribution in [2.45, 2.75) is 5.16 Å². The van der Waals surface area contributed by atoms with E-state index in [1.807, 2.05) is 42.5 Å². The molecule has 0 amide bonds. The fourth-order valence-corrected chi connectivity index (χ4v) is 2.74. The summed E-state index contributed by atoms with van der Waals surface area (Å²) in [4.78, 5) is 10.7. The predicted molar refractivity (Wildman–Crippen MR) is 81.6 cm³/mol. The first-order valence-electron chi connectivity index (χ1n) is 6.20. The highest BCUT2D eigenvalue weighted by Gasteiger charge is 2.13. The van der Waals surface area contributed by atoms with Gasteiger partial charge in [-0.05, 0) is 22.9 Å². The summed E-state index contributed by atoms with van der Waals surface area (Å²) < 4.78 is 1.65. The molecule has 6 nitrogen and oxygen atoms in total. The van der Waals surface area contributed by atoms with Gasteiger partial charge in [-0.2, -0.15) is 0 Å². The van der Waals surface area contributed by atoms with Crippen molar-refractivity contribution in [1.82, 2.24) is 14.8 Å². The van der Waals surface area contributed by atoms with Gasteiger partial charge in [0.05, 0.1) is 11.4 Å². The first-order valence-corrected chi connectivity index (χ1v) is 7.18. The number of fused-ring (bicyclic) bond motifs is 1. The second kappa shape index (κ2) is 5.45. The van der Waals surface area contributed by atoms with Gasteiger partial charge in [0.15, 0.2) is 5.16 Å². The van der Waals surface area contributed by atoms with E-state index in [4.69, 9.17) is 10.8 Å². The molecule has 1 aromatic heterocycles. The third-order valence-corrected chi connectivity index (χ3v) is 3.89. The van der Waals surface area contributed by atoms with Crippen molar-refractivity contribution in [2.24, 2.45) is 0 Å². The van der Waals surface area contributed by atoms with Crippen molar-refractivity contribution in [1.29, 1.82) is 0 Å². The normalized spacial score (nSPS) is 10.9. The van der Waals surface area contributed by atoms with E-state index in [2.05, 4.69) is 10.2 Å². The van der Waals surface area contributed by atoms with Gasteiger partial charge in [-0.1, -0.05) is 42.1 Å². The van der Waals surface area contributed by atoms with Gasteiger partial charge in [-0.25, -0.2) is 0 Å². The first kappa shape index (κ1) is 13.4. The Labute approximate surface area is 124 Å². The van der Waals surface area contributed by atoms with Gasteiger partial charge >= 0.3 is 5.97 Å². The maximum absolute atomic E-state index is 10.7. The maximum atomic E-state index is 10.7. The van der Waals surface area contributed by atoms with Gasteiger partial charge in [0, 0.05) is 0 Å². The van der Waals surface area contributed by atoms with Crippen LogP contribution in [0.4, 0.5) is 5.95 Å². The number of carboxylic acids is 1. The van der Waals surface area contributed by atoms with Crippen molar-refractivity contribution in [2.75, 3.05) is 11.5 Å². The molecule has 0 saturated carbocycles. The summed E-state index contributed by atoms with van der Waals surface area (Å²) in [5.74, 6) is -0.768. The van der Waals surface area contributed by atoms with Crippen LogP contribution in [0.5, 0.6) is 0 Å². The third-order valence-electron chi connectivity index (χ3n) is 2.97. The van der Waals surface area contributed by atoms with Crippen LogP contribution in [0, 0.1) is 0 Å². The Balaban J connectivity index is 2.05. The van der Waals surface area contributed by atoms with Crippen LogP contribution < -0.4 is 5.73 Å². The minimum Gasteiger partial charge on any atom is -0.481 e. The second-order valence-corrected chi connectivity index (χ2v) is 5.33. The van der Waals surface area contributed by atoms with Gasteiger partial charge in [0.25, 0.3) is 0 Å². The summed E-state index contributed by atoms with van der Waals surface area (Å²) in [7, 11) is 0. The zero-order valence-corrected chi connectivity index (χ0v) is 11.7. The van der Waals surface area contributed by atoms with Crippen LogP contribution in [0.1, 0.15) is 0 Å². The molecule has 21 heavy (non-hydrogen) atoms. The third kappa shape index (κ3) is 2.68. The number of rotatable bonds is 4. The van der Waals surface area contributed by atoms with E-state index in [9.17, 15) is 4.79 Å². The van der Waals surface area contributed by atoms with Crippen LogP contribution in [0.2, 0.25) is 0 Å². The zero-order chi connectivity index (χ0) is 14.8. The molecule has 1 heterocycles. The van der Waals surface area contributed by atoms with Crippen LogP contribution in [0.25, 0.3) is 16.5 Å². The molecule has 0 bridgehead atoms. The molecule has 106 valence electrons. The summed E-state index contributed by atoms with van der Waals surface area (Å²) in [6.07, 6.45) is 0. The molecule has 3 N–H and O–H groups in total. The Hall–Kier alpha value is -2.54. The summed E-state index contributed by atoms with van der Waals surface area (Å²) >= 11 is 1.09. The summed E-state index contributed by atoms with van der Waals surface area (Å²) in [5.41, 5.74) is 6.66. The van der Waals surface area contributed by atoms with Gasteiger partial charge in [-0.15, -0.1) is 10.2 Å². The van der Waals surface area contributed by atoms with Gasteiger partial charge < -0.3 is 10.8 Å². The van der Waals surface area contributed by atoms with E-state index >= 15 is 0 Å². The molecule has 0 radical (unpaired) electrons. The monoisotopic (exact) mass is 300 g/mol. The maximum Gasteiger partial charge on any atom is 0.313 e. The van der Waals surface area contributed by atoms with E-state index in [0.717, 1.165) is 28.2 Å². The Bertz CT molecular complexity index is 816. The number of carboxylic acid groups (broad SMARTS) is 1. The molecule has 0 unspecified atom stereocenters.